The number of aromatic nitrogens is 2. The number of nitrogens with zero attached hydrogens (tertiary/aromatic N) is 3. The van der Waals surface area contributed by atoms with Crippen molar-refractivity contribution in [1.29, 1.82) is 0 Å². The number of halogens is 2. The van der Waals surface area contributed by atoms with Crippen LogP contribution in [0, 0.1) is 17.6 Å². The van der Waals surface area contributed by atoms with Gasteiger partial charge in [0.15, 0.2) is 11.6 Å². The summed E-state index contributed by atoms with van der Waals surface area (Å²) in [7, 11) is -1.93. The quantitative estimate of drug-likeness (QED) is 0.882. The second-order valence-electron chi connectivity index (χ2n) is 5.90. The molecule has 0 aliphatic carbocycles. The lowest BCUT2D eigenvalue weighted by Crippen LogP contribution is -2.31. The maximum atomic E-state index is 13.3. The Bertz CT molecular complexity index is 838. The first-order valence-corrected chi connectivity index (χ1v) is 9.02. The Hall–Kier alpha value is -2.00. The molecule has 1 N–H and O–H groups in total. The molecule has 9 heteroatoms. The molecule has 6 nitrogen and oxygen atoms in total. The summed E-state index contributed by atoms with van der Waals surface area (Å²) < 4.78 is 54.7. The van der Waals surface area contributed by atoms with Crippen molar-refractivity contribution in [2.75, 3.05) is 24.5 Å². The molecule has 130 valence electrons. The van der Waals surface area contributed by atoms with E-state index in [-0.39, 0.29) is 17.4 Å². The van der Waals surface area contributed by atoms with E-state index in [1.807, 2.05) is 4.90 Å². The molecule has 1 unspecified atom stereocenters. The van der Waals surface area contributed by atoms with E-state index >= 15 is 0 Å². The van der Waals surface area contributed by atoms with E-state index in [2.05, 4.69) is 9.82 Å². The summed E-state index contributed by atoms with van der Waals surface area (Å²) in [6, 6.07) is 3.79. The van der Waals surface area contributed by atoms with Gasteiger partial charge in [-0.25, -0.2) is 21.9 Å². The van der Waals surface area contributed by atoms with Crippen molar-refractivity contribution < 1.29 is 17.2 Å². The molecule has 0 bridgehead atoms. The summed E-state index contributed by atoms with van der Waals surface area (Å²) in [5.74, 6) is -1.66. The minimum absolute atomic E-state index is 0.101. The lowest BCUT2D eigenvalue weighted by molar-refractivity contribution is 0.508. The fourth-order valence-corrected chi connectivity index (χ4v) is 3.86. The van der Waals surface area contributed by atoms with E-state index in [1.54, 1.807) is 7.05 Å². The van der Waals surface area contributed by atoms with E-state index in [9.17, 15) is 17.2 Å². The Morgan fingerprint density at radius 3 is 2.79 bits per heavy atom. The molecule has 2 aromatic rings. The number of sulfonamides is 1. The Morgan fingerprint density at radius 2 is 2.12 bits per heavy atom. The molecular weight excluding hydrogens is 338 g/mol. The van der Waals surface area contributed by atoms with Gasteiger partial charge in [-0.05, 0) is 24.5 Å². The predicted octanol–water partition coefficient (Wildman–Crippen LogP) is 1.50. The van der Waals surface area contributed by atoms with Gasteiger partial charge in [-0.15, -0.1) is 0 Å². The average molecular weight is 356 g/mol. The summed E-state index contributed by atoms with van der Waals surface area (Å²) in [5, 5.41) is 3.85. The van der Waals surface area contributed by atoms with Crippen molar-refractivity contribution in [2.45, 2.75) is 11.3 Å². The van der Waals surface area contributed by atoms with Crippen LogP contribution in [0.4, 0.5) is 14.5 Å². The van der Waals surface area contributed by atoms with Crippen molar-refractivity contribution in [2.24, 2.45) is 13.0 Å². The highest BCUT2D eigenvalue weighted by molar-refractivity contribution is 7.89. The number of anilines is 1. The van der Waals surface area contributed by atoms with Crippen LogP contribution in [-0.2, 0) is 17.1 Å². The van der Waals surface area contributed by atoms with Gasteiger partial charge in [0.1, 0.15) is 4.90 Å². The molecule has 1 fully saturated rings. The van der Waals surface area contributed by atoms with Crippen LogP contribution in [0.1, 0.15) is 6.42 Å². The molecule has 24 heavy (non-hydrogen) atoms. The number of aryl methyl sites for hydroxylation is 1. The van der Waals surface area contributed by atoms with E-state index in [1.165, 1.54) is 23.1 Å². The first-order chi connectivity index (χ1) is 11.3. The van der Waals surface area contributed by atoms with Crippen molar-refractivity contribution in [3.8, 4) is 0 Å². The van der Waals surface area contributed by atoms with Gasteiger partial charge in [0.25, 0.3) is 0 Å². The lowest BCUT2D eigenvalue weighted by Gasteiger charge is -2.19. The molecule has 1 aliphatic heterocycles. The first kappa shape index (κ1) is 16.8. The largest absolute Gasteiger partial charge is 0.371 e. The molecule has 0 spiro atoms. The fourth-order valence-electron chi connectivity index (χ4n) is 2.76. The van der Waals surface area contributed by atoms with Crippen LogP contribution >= 0.6 is 0 Å². The average Bonchev–Trinajstić information content (AvgIpc) is 3.17. The number of nitrogens with one attached hydrogen (secondary N) is 1. The molecule has 1 aromatic carbocycles. The van der Waals surface area contributed by atoms with E-state index in [0.29, 0.717) is 18.8 Å². The molecule has 0 saturated carbocycles. The molecular formula is C15H18F2N4O2S. The minimum Gasteiger partial charge on any atom is -0.371 e. The van der Waals surface area contributed by atoms with Crippen LogP contribution in [0.25, 0.3) is 0 Å². The maximum Gasteiger partial charge on any atom is 0.243 e. The van der Waals surface area contributed by atoms with Gasteiger partial charge in [0.2, 0.25) is 10.0 Å². The molecule has 1 atom stereocenters. The minimum atomic E-state index is -3.58. The molecule has 1 aliphatic rings. The van der Waals surface area contributed by atoms with Gasteiger partial charge in [0, 0.05) is 44.6 Å². The molecule has 2 heterocycles. The first-order valence-electron chi connectivity index (χ1n) is 7.53. The Labute approximate surface area is 139 Å². The SMILES string of the molecule is Cn1cc(S(=O)(=O)NCC2CCN(c3ccc(F)c(F)c3)C2)cn1. The van der Waals surface area contributed by atoms with E-state index in [0.717, 1.165) is 18.6 Å². The second-order valence-corrected chi connectivity index (χ2v) is 7.67. The molecule has 0 amide bonds. The highest BCUT2D eigenvalue weighted by Crippen LogP contribution is 2.25. The monoisotopic (exact) mass is 356 g/mol. The number of hydrogen-bond donors (Lipinski definition) is 1. The van der Waals surface area contributed by atoms with Crippen LogP contribution in [0.2, 0.25) is 0 Å². The zero-order valence-electron chi connectivity index (χ0n) is 13.1. The number of rotatable bonds is 5. The van der Waals surface area contributed by atoms with E-state index < -0.39 is 21.7 Å². The topological polar surface area (TPSA) is 67.2 Å². The third-order valence-electron chi connectivity index (χ3n) is 4.11. The smallest absolute Gasteiger partial charge is 0.243 e. The van der Waals surface area contributed by atoms with Crippen LogP contribution in [-0.4, -0.2) is 37.8 Å². The Kier molecular flexibility index (Phi) is 4.55. The Balaban J connectivity index is 1.59. The lowest BCUT2D eigenvalue weighted by atomic mass is 10.1. The maximum absolute atomic E-state index is 13.3. The zero-order valence-corrected chi connectivity index (χ0v) is 13.9. The van der Waals surface area contributed by atoms with Crippen molar-refractivity contribution in [1.82, 2.24) is 14.5 Å². The van der Waals surface area contributed by atoms with Gasteiger partial charge < -0.3 is 4.90 Å². The molecule has 3 rings (SSSR count). The summed E-state index contributed by atoms with van der Waals surface area (Å²) in [6.45, 7) is 1.54. The van der Waals surface area contributed by atoms with Gasteiger partial charge >= 0.3 is 0 Å². The van der Waals surface area contributed by atoms with E-state index in [4.69, 9.17) is 0 Å². The summed E-state index contributed by atoms with van der Waals surface area (Å²) >= 11 is 0. The third kappa shape index (κ3) is 3.57. The highest BCUT2D eigenvalue weighted by atomic mass is 32.2. The molecule has 1 saturated heterocycles. The van der Waals surface area contributed by atoms with Crippen molar-refractivity contribution in [3.05, 3.63) is 42.2 Å². The van der Waals surface area contributed by atoms with Crippen LogP contribution < -0.4 is 9.62 Å². The third-order valence-corrected chi connectivity index (χ3v) is 5.49. The number of hydrogen-bond acceptors (Lipinski definition) is 4. The van der Waals surface area contributed by atoms with Gasteiger partial charge in [-0.3, -0.25) is 4.68 Å². The number of benzene rings is 1. The van der Waals surface area contributed by atoms with Crippen LogP contribution in [0.3, 0.4) is 0 Å². The predicted molar refractivity (Wildman–Crippen MR) is 85.1 cm³/mol. The van der Waals surface area contributed by atoms with Crippen LogP contribution in [0.5, 0.6) is 0 Å². The fraction of sp³-hybridized carbons (Fsp3) is 0.400. The normalized spacial score (nSPS) is 18.3. The van der Waals surface area contributed by atoms with Crippen LogP contribution in [0.15, 0.2) is 35.5 Å². The standard InChI is InChI=1S/C15H18F2N4O2S/c1-20-10-13(8-18-20)24(22,23)19-7-11-4-5-21(9-11)12-2-3-14(16)15(17)6-12/h2-3,6,8,10-11,19H,4-5,7,9H2,1H3. The summed E-state index contributed by atoms with van der Waals surface area (Å²) in [5.41, 5.74) is 0.603. The van der Waals surface area contributed by atoms with Gasteiger partial charge in [0.05, 0.1) is 6.20 Å². The Morgan fingerprint density at radius 1 is 1.33 bits per heavy atom. The zero-order chi connectivity index (χ0) is 17.3. The van der Waals surface area contributed by atoms with Crippen molar-refractivity contribution >= 4 is 15.7 Å². The molecule has 1 aromatic heterocycles. The second kappa shape index (κ2) is 6.48. The van der Waals surface area contributed by atoms with Gasteiger partial charge in [-0.1, -0.05) is 0 Å². The summed E-state index contributed by atoms with van der Waals surface area (Å²) in [4.78, 5) is 2.05. The summed E-state index contributed by atoms with van der Waals surface area (Å²) in [6.07, 6.45) is 3.50. The highest BCUT2D eigenvalue weighted by Gasteiger charge is 2.25. The van der Waals surface area contributed by atoms with Gasteiger partial charge in [-0.2, -0.15) is 5.10 Å². The molecule has 0 radical (unpaired) electrons. The van der Waals surface area contributed by atoms with Crippen molar-refractivity contribution in [3.63, 3.8) is 0 Å².